The van der Waals surface area contributed by atoms with Crippen molar-refractivity contribution in [2.24, 2.45) is 5.92 Å². The summed E-state index contributed by atoms with van der Waals surface area (Å²) in [4.78, 5) is 31.2. The Morgan fingerprint density at radius 1 is 1.33 bits per heavy atom. The minimum absolute atomic E-state index is 0.0346. The van der Waals surface area contributed by atoms with E-state index in [0.717, 1.165) is 5.56 Å². The van der Waals surface area contributed by atoms with Gasteiger partial charge in [-0.3, -0.25) is 9.89 Å². The van der Waals surface area contributed by atoms with Crippen LogP contribution in [0.4, 0.5) is 0 Å². The average molecular weight is 333 g/mol. The molecule has 0 aliphatic carbocycles. The lowest BCUT2D eigenvalue weighted by Crippen LogP contribution is -2.30. The number of esters is 1. The molecule has 3 N–H and O–H groups in total. The van der Waals surface area contributed by atoms with Gasteiger partial charge in [0.2, 0.25) is 0 Å². The van der Waals surface area contributed by atoms with Gasteiger partial charge in [0, 0.05) is 12.4 Å². The second-order valence-electron chi connectivity index (χ2n) is 5.97. The largest absolute Gasteiger partial charge is 0.460 e. The number of nitrogens with one attached hydrogen (secondary N) is 3. The predicted octanol–water partition coefficient (Wildman–Crippen LogP) is 2.14. The van der Waals surface area contributed by atoms with Crippen LogP contribution in [0, 0.1) is 12.8 Å². The fraction of sp³-hybridized carbons (Fsp3) is 0.500. The molecule has 2 aromatic rings. The third kappa shape index (κ3) is 4.21. The Balaban J connectivity index is 2.18. The van der Waals surface area contributed by atoms with Crippen LogP contribution in [0.3, 0.4) is 0 Å². The van der Waals surface area contributed by atoms with Crippen molar-refractivity contribution in [1.82, 2.24) is 25.5 Å². The van der Waals surface area contributed by atoms with Crippen LogP contribution in [0.15, 0.2) is 12.4 Å². The number of hydrogen-bond acceptors (Lipinski definition) is 5. The number of ether oxygens (including phenoxy) is 1. The third-order valence-electron chi connectivity index (χ3n) is 3.50. The fourth-order valence-corrected chi connectivity index (χ4v) is 2.35. The minimum atomic E-state index is -0.587. The van der Waals surface area contributed by atoms with Gasteiger partial charge in [-0.15, -0.1) is 5.10 Å². The highest BCUT2D eigenvalue weighted by atomic mass is 16.5. The lowest BCUT2D eigenvalue weighted by atomic mass is 10.0. The normalized spacial score (nSPS) is 12.2. The maximum Gasteiger partial charge on any atom is 0.378 e. The van der Waals surface area contributed by atoms with Crippen molar-refractivity contribution in [3.05, 3.63) is 35.2 Å². The van der Waals surface area contributed by atoms with Crippen LogP contribution < -0.4 is 5.32 Å². The molecule has 0 radical (unpaired) electrons. The van der Waals surface area contributed by atoms with Gasteiger partial charge in [-0.1, -0.05) is 13.8 Å². The van der Waals surface area contributed by atoms with Crippen LogP contribution >= 0.6 is 0 Å². The van der Waals surface area contributed by atoms with Gasteiger partial charge in [0.15, 0.2) is 0 Å². The standard InChI is InChI=1S/C16H23N5O3/c1-5-24-16(23)14-19-13(20-21-14)12(6-9(2)3)18-15(22)11-8-17-7-10(11)4/h7-9,12,17H,5-6H2,1-4H3,(H,18,22)(H,19,20,21). The van der Waals surface area contributed by atoms with E-state index in [-0.39, 0.29) is 24.4 Å². The number of H-pyrrole nitrogens is 2. The summed E-state index contributed by atoms with van der Waals surface area (Å²) >= 11 is 0. The number of nitrogens with zero attached hydrogens (tertiary/aromatic N) is 2. The Morgan fingerprint density at radius 2 is 2.08 bits per heavy atom. The van der Waals surface area contributed by atoms with Crippen LogP contribution in [0.2, 0.25) is 0 Å². The Labute approximate surface area is 140 Å². The van der Waals surface area contributed by atoms with Gasteiger partial charge >= 0.3 is 5.97 Å². The first-order valence-electron chi connectivity index (χ1n) is 7.96. The van der Waals surface area contributed by atoms with E-state index in [2.05, 4.69) is 25.5 Å². The van der Waals surface area contributed by atoms with Gasteiger partial charge in [0.1, 0.15) is 5.82 Å². The molecule has 0 saturated heterocycles. The monoisotopic (exact) mass is 333 g/mol. The van der Waals surface area contributed by atoms with Crippen molar-refractivity contribution >= 4 is 11.9 Å². The van der Waals surface area contributed by atoms with Crippen LogP contribution in [0.5, 0.6) is 0 Å². The number of rotatable bonds is 7. The number of aryl methyl sites for hydroxylation is 1. The molecule has 0 aliphatic rings. The van der Waals surface area contributed by atoms with E-state index in [9.17, 15) is 9.59 Å². The first-order chi connectivity index (χ1) is 11.4. The lowest BCUT2D eigenvalue weighted by molar-refractivity contribution is 0.0512. The SMILES string of the molecule is CCOC(=O)c1n[nH]c(C(CC(C)C)NC(=O)c2c[nH]cc2C)n1. The quantitative estimate of drug-likeness (QED) is 0.672. The Kier molecular flexibility index (Phi) is 5.73. The fourth-order valence-electron chi connectivity index (χ4n) is 2.35. The van der Waals surface area contributed by atoms with E-state index in [4.69, 9.17) is 4.74 Å². The van der Waals surface area contributed by atoms with Crippen molar-refractivity contribution in [1.29, 1.82) is 0 Å². The zero-order chi connectivity index (χ0) is 17.7. The van der Waals surface area contributed by atoms with Crippen molar-refractivity contribution in [2.75, 3.05) is 6.61 Å². The van der Waals surface area contributed by atoms with Gasteiger partial charge < -0.3 is 15.0 Å². The Bertz CT molecular complexity index is 704. The summed E-state index contributed by atoms with van der Waals surface area (Å²) in [5, 5.41) is 9.56. The molecule has 2 rings (SSSR count). The first-order valence-corrected chi connectivity index (χ1v) is 7.96. The number of aromatic amines is 2. The maximum absolute atomic E-state index is 12.5. The number of carbonyl (C=O) groups excluding carboxylic acids is 2. The van der Waals surface area contributed by atoms with Gasteiger partial charge in [-0.2, -0.15) is 0 Å². The van der Waals surface area contributed by atoms with Crippen LogP contribution in [0.25, 0.3) is 0 Å². The first kappa shape index (κ1) is 17.7. The molecule has 8 heteroatoms. The molecule has 2 aromatic heterocycles. The number of amides is 1. The molecule has 0 saturated carbocycles. The molecule has 24 heavy (non-hydrogen) atoms. The van der Waals surface area contributed by atoms with E-state index >= 15 is 0 Å². The Morgan fingerprint density at radius 3 is 2.67 bits per heavy atom. The average Bonchev–Trinajstić information content (AvgIpc) is 3.15. The van der Waals surface area contributed by atoms with Crippen LogP contribution in [-0.4, -0.2) is 38.6 Å². The zero-order valence-electron chi connectivity index (χ0n) is 14.3. The molecule has 0 fully saturated rings. The van der Waals surface area contributed by atoms with Gasteiger partial charge in [-0.25, -0.2) is 9.78 Å². The maximum atomic E-state index is 12.5. The second kappa shape index (κ2) is 7.76. The van der Waals surface area contributed by atoms with Gasteiger partial charge in [-0.05, 0) is 31.7 Å². The lowest BCUT2D eigenvalue weighted by Gasteiger charge is -2.18. The molecule has 0 aromatic carbocycles. The highest BCUT2D eigenvalue weighted by molar-refractivity contribution is 5.95. The Hall–Kier alpha value is -2.64. The number of hydrogen-bond donors (Lipinski definition) is 3. The van der Waals surface area contributed by atoms with E-state index < -0.39 is 5.97 Å². The summed E-state index contributed by atoms with van der Waals surface area (Å²) in [6, 6.07) is -0.373. The molecular weight excluding hydrogens is 310 g/mol. The molecule has 1 amide bonds. The summed E-state index contributed by atoms with van der Waals surface area (Å²) < 4.78 is 4.88. The highest BCUT2D eigenvalue weighted by Crippen LogP contribution is 2.19. The smallest absolute Gasteiger partial charge is 0.378 e. The van der Waals surface area contributed by atoms with E-state index in [1.807, 2.05) is 20.8 Å². The molecule has 1 atom stereocenters. The summed E-state index contributed by atoms with van der Waals surface area (Å²) in [6.45, 7) is 7.91. The highest BCUT2D eigenvalue weighted by Gasteiger charge is 2.23. The predicted molar refractivity (Wildman–Crippen MR) is 87.5 cm³/mol. The van der Waals surface area contributed by atoms with Crippen molar-refractivity contribution in [3.8, 4) is 0 Å². The van der Waals surface area contributed by atoms with E-state index in [1.54, 1.807) is 19.3 Å². The summed E-state index contributed by atoms with van der Waals surface area (Å²) in [5.41, 5.74) is 1.44. The molecule has 0 spiro atoms. The molecule has 130 valence electrons. The van der Waals surface area contributed by atoms with Crippen molar-refractivity contribution in [3.63, 3.8) is 0 Å². The molecule has 0 bridgehead atoms. The summed E-state index contributed by atoms with van der Waals surface area (Å²) in [5.74, 6) is -0.0654. The summed E-state index contributed by atoms with van der Waals surface area (Å²) in [7, 11) is 0. The van der Waals surface area contributed by atoms with Crippen molar-refractivity contribution < 1.29 is 14.3 Å². The van der Waals surface area contributed by atoms with Gasteiger partial charge in [0.25, 0.3) is 11.7 Å². The zero-order valence-corrected chi connectivity index (χ0v) is 14.3. The molecule has 0 aliphatic heterocycles. The van der Waals surface area contributed by atoms with Gasteiger partial charge in [0.05, 0.1) is 18.2 Å². The third-order valence-corrected chi connectivity index (χ3v) is 3.50. The van der Waals surface area contributed by atoms with E-state index in [0.29, 0.717) is 23.7 Å². The van der Waals surface area contributed by atoms with Crippen molar-refractivity contribution in [2.45, 2.75) is 40.2 Å². The number of aromatic nitrogens is 4. The van der Waals surface area contributed by atoms with E-state index in [1.165, 1.54) is 0 Å². The van der Waals surface area contributed by atoms with Crippen LogP contribution in [-0.2, 0) is 4.74 Å². The molecule has 1 unspecified atom stereocenters. The topological polar surface area (TPSA) is 113 Å². The minimum Gasteiger partial charge on any atom is -0.460 e. The summed E-state index contributed by atoms with van der Waals surface area (Å²) in [6.07, 6.45) is 4.08. The molecule has 8 nitrogen and oxygen atoms in total. The molecular formula is C16H23N5O3. The number of carbonyl (C=O) groups is 2. The second-order valence-corrected chi connectivity index (χ2v) is 5.97. The molecule has 2 heterocycles. The van der Waals surface area contributed by atoms with Crippen LogP contribution in [0.1, 0.15) is 65.6 Å².